The molecule has 8 nitrogen and oxygen atoms in total. The standard InChI is InChI=1S/C28H24N4O4/c1-17-24(27(33)31(29-17)20-9-5-3-6-10-20)26(19-13-14-22-23(15-19)36-16-35-22)25-18(2)30-32(28(25)34)21-11-7-4-8-12-21/h3-15,24-26H,16H2,1-2H3/t24-,25-/m1/s1. The van der Waals surface area contributed by atoms with Crippen molar-refractivity contribution in [2.24, 2.45) is 22.0 Å². The van der Waals surface area contributed by atoms with Crippen LogP contribution in [-0.2, 0) is 9.59 Å². The molecule has 3 aromatic rings. The fraction of sp³-hybridized carbons (Fsp3) is 0.214. The lowest BCUT2D eigenvalue weighted by Crippen LogP contribution is -2.40. The number of hydrogen-bond donors (Lipinski definition) is 0. The average molecular weight is 481 g/mol. The Morgan fingerprint density at radius 1 is 0.722 bits per heavy atom. The number of hydrazone groups is 2. The molecule has 3 aliphatic rings. The molecule has 8 heteroatoms. The van der Waals surface area contributed by atoms with Gasteiger partial charge in [-0.2, -0.15) is 10.2 Å². The van der Waals surface area contributed by atoms with Crippen molar-refractivity contribution >= 4 is 34.6 Å². The Labute approximate surface area is 208 Å². The predicted molar refractivity (Wildman–Crippen MR) is 136 cm³/mol. The number of hydrogen-bond acceptors (Lipinski definition) is 6. The summed E-state index contributed by atoms with van der Waals surface area (Å²) in [5, 5.41) is 12.1. The Morgan fingerprint density at radius 3 is 1.75 bits per heavy atom. The minimum atomic E-state index is -0.652. The first kappa shape index (κ1) is 22.0. The van der Waals surface area contributed by atoms with Crippen molar-refractivity contribution in [3.63, 3.8) is 0 Å². The number of ether oxygens (including phenoxy) is 2. The highest BCUT2D eigenvalue weighted by atomic mass is 16.7. The molecule has 3 aliphatic heterocycles. The molecular weight excluding hydrogens is 456 g/mol. The first-order chi connectivity index (χ1) is 17.5. The second kappa shape index (κ2) is 8.64. The molecule has 3 heterocycles. The van der Waals surface area contributed by atoms with Gasteiger partial charge in [0.05, 0.1) is 23.2 Å². The van der Waals surface area contributed by atoms with Crippen LogP contribution in [0.25, 0.3) is 0 Å². The van der Waals surface area contributed by atoms with Crippen LogP contribution in [0.5, 0.6) is 11.5 Å². The lowest BCUT2D eigenvalue weighted by Gasteiger charge is -2.28. The number of rotatable bonds is 5. The Balaban J connectivity index is 1.44. The third kappa shape index (κ3) is 3.53. The van der Waals surface area contributed by atoms with E-state index in [0.717, 1.165) is 5.56 Å². The van der Waals surface area contributed by atoms with Gasteiger partial charge in [-0.15, -0.1) is 0 Å². The summed E-state index contributed by atoms with van der Waals surface area (Å²) in [5.41, 5.74) is 3.45. The number of amides is 2. The predicted octanol–water partition coefficient (Wildman–Crippen LogP) is 4.58. The van der Waals surface area contributed by atoms with E-state index in [-0.39, 0.29) is 18.6 Å². The highest BCUT2D eigenvalue weighted by Crippen LogP contribution is 2.45. The van der Waals surface area contributed by atoms with Gasteiger partial charge in [-0.3, -0.25) is 9.59 Å². The van der Waals surface area contributed by atoms with E-state index in [4.69, 9.17) is 9.47 Å². The number of carbonyl (C=O) groups excluding carboxylic acids is 2. The third-order valence-electron chi connectivity index (χ3n) is 6.87. The summed E-state index contributed by atoms with van der Waals surface area (Å²) in [4.78, 5) is 27.8. The summed E-state index contributed by atoms with van der Waals surface area (Å²) < 4.78 is 11.1. The Morgan fingerprint density at radius 2 is 1.22 bits per heavy atom. The molecule has 0 spiro atoms. The van der Waals surface area contributed by atoms with Crippen molar-refractivity contribution in [3.8, 4) is 11.5 Å². The highest BCUT2D eigenvalue weighted by molar-refractivity contribution is 6.19. The zero-order valence-corrected chi connectivity index (χ0v) is 19.9. The molecule has 0 saturated heterocycles. The van der Waals surface area contributed by atoms with E-state index in [1.54, 1.807) is 0 Å². The lowest BCUT2D eigenvalue weighted by molar-refractivity contribution is -0.122. The van der Waals surface area contributed by atoms with Crippen LogP contribution in [-0.4, -0.2) is 30.0 Å². The molecule has 0 N–H and O–H groups in total. The van der Waals surface area contributed by atoms with Gasteiger partial charge < -0.3 is 9.47 Å². The maximum Gasteiger partial charge on any atom is 0.256 e. The summed E-state index contributed by atoms with van der Waals surface area (Å²) in [6.45, 7) is 3.82. The Kier molecular flexibility index (Phi) is 5.29. The topological polar surface area (TPSA) is 83.8 Å². The van der Waals surface area contributed by atoms with Gasteiger partial charge in [0.25, 0.3) is 11.8 Å². The molecule has 2 atom stereocenters. The first-order valence-electron chi connectivity index (χ1n) is 11.8. The molecule has 2 amide bonds. The zero-order chi connectivity index (χ0) is 24.8. The summed E-state index contributed by atoms with van der Waals surface area (Å²) >= 11 is 0. The van der Waals surface area contributed by atoms with Crippen LogP contribution in [0.2, 0.25) is 0 Å². The second-order valence-electron chi connectivity index (χ2n) is 9.05. The van der Waals surface area contributed by atoms with Gasteiger partial charge in [0.1, 0.15) is 0 Å². The van der Waals surface area contributed by atoms with Crippen molar-refractivity contribution < 1.29 is 19.1 Å². The molecule has 36 heavy (non-hydrogen) atoms. The van der Waals surface area contributed by atoms with Gasteiger partial charge in [-0.05, 0) is 55.8 Å². The van der Waals surface area contributed by atoms with E-state index in [2.05, 4.69) is 10.2 Å². The molecule has 0 unspecified atom stereocenters. The van der Waals surface area contributed by atoms with Gasteiger partial charge in [0.15, 0.2) is 11.5 Å². The average Bonchev–Trinajstić information content (AvgIpc) is 3.57. The van der Waals surface area contributed by atoms with Crippen LogP contribution in [0.1, 0.15) is 25.3 Å². The van der Waals surface area contributed by atoms with E-state index < -0.39 is 17.8 Å². The Hall–Kier alpha value is -4.46. The summed E-state index contributed by atoms with van der Waals surface area (Å²) in [6, 6.07) is 24.2. The number of para-hydroxylation sites is 2. The van der Waals surface area contributed by atoms with Gasteiger partial charge in [0, 0.05) is 17.3 Å². The maximum absolute atomic E-state index is 13.9. The van der Waals surface area contributed by atoms with E-state index in [9.17, 15) is 9.59 Å². The van der Waals surface area contributed by atoms with Crippen molar-refractivity contribution in [3.05, 3.63) is 84.4 Å². The van der Waals surface area contributed by atoms with Crippen LogP contribution in [0.4, 0.5) is 11.4 Å². The van der Waals surface area contributed by atoms with Gasteiger partial charge in [-0.1, -0.05) is 42.5 Å². The molecule has 0 radical (unpaired) electrons. The quantitative estimate of drug-likeness (QED) is 0.535. The van der Waals surface area contributed by atoms with Crippen LogP contribution in [0.15, 0.2) is 89.1 Å². The van der Waals surface area contributed by atoms with Crippen molar-refractivity contribution in [2.75, 3.05) is 16.8 Å². The molecule has 0 saturated carbocycles. The summed E-state index contributed by atoms with van der Waals surface area (Å²) in [5.74, 6) is -0.964. The molecular formula is C28H24N4O4. The minimum absolute atomic E-state index is 0.138. The summed E-state index contributed by atoms with van der Waals surface area (Å²) in [6.07, 6.45) is 0. The van der Waals surface area contributed by atoms with Crippen molar-refractivity contribution in [1.82, 2.24) is 0 Å². The molecule has 0 fully saturated rings. The number of nitrogens with zero attached hydrogens (tertiary/aromatic N) is 4. The smallest absolute Gasteiger partial charge is 0.256 e. The van der Waals surface area contributed by atoms with Crippen molar-refractivity contribution in [2.45, 2.75) is 19.8 Å². The molecule has 6 rings (SSSR count). The fourth-order valence-electron chi connectivity index (χ4n) is 5.19. The second-order valence-corrected chi connectivity index (χ2v) is 9.05. The first-order valence-corrected chi connectivity index (χ1v) is 11.8. The minimum Gasteiger partial charge on any atom is -0.454 e. The van der Waals surface area contributed by atoms with Crippen LogP contribution in [0.3, 0.4) is 0 Å². The fourth-order valence-corrected chi connectivity index (χ4v) is 5.19. The number of fused-ring (bicyclic) bond motifs is 1. The van der Waals surface area contributed by atoms with Crippen LogP contribution >= 0.6 is 0 Å². The number of benzene rings is 3. The summed E-state index contributed by atoms with van der Waals surface area (Å²) in [7, 11) is 0. The SMILES string of the molecule is CC1=NN(c2ccccc2)C(=O)[C@H]1C(c1ccc2c(c1)OCO2)[C@@H]1C(=O)N(c2ccccc2)N=C1C. The maximum atomic E-state index is 13.9. The lowest BCUT2D eigenvalue weighted by atomic mass is 9.73. The normalized spacial score (nSPS) is 20.9. The molecule has 0 aromatic heterocycles. The Bertz CT molecular complexity index is 1320. The van der Waals surface area contributed by atoms with E-state index in [0.29, 0.717) is 34.3 Å². The van der Waals surface area contributed by atoms with E-state index >= 15 is 0 Å². The van der Waals surface area contributed by atoms with Crippen LogP contribution in [0, 0.1) is 11.8 Å². The van der Waals surface area contributed by atoms with Gasteiger partial charge in [0.2, 0.25) is 6.79 Å². The van der Waals surface area contributed by atoms with Crippen LogP contribution < -0.4 is 19.5 Å². The molecule has 180 valence electrons. The molecule has 3 aromatic carbocycles. The number of carbonyl (C=O) groups is 2. The molecule has 0 bridgehead atoms. The zero-order valence-electron chi connectivity index (χ0n) is 19.9. The van der Waals surface area contributed by atoms with E-state index in [1.807, 2.05) is 92.7 Å². The largest absolute Gasteiger partial charge is 0.454 e. The van der Waals surface area contributed by atoms with Crippen molar-refractivity contribution in [1.29, 1.82) is 0 Å². The van der Waals surface area contributed by atoms with E-state index in [1.165, 1.54) is 10.0 Å². The highest BCUT2D eigenvalue weighted by Gasteiger charge is 2.50. The molecule has 0 aliphatic carbocycles. The third-order valence-corrected chi connectivity index (χ3v) is 6.87. The van der Waals surface area contributed by atoms with Gasteiger partial charge >= 0.3 is 0 Å². The monoisotopic (exact) mass is 480 g/mol. The van der Waals surface area contributed by atoms with Gasteiger partial charge in [-0.25, -0.2) is 10.0 Å². The number of anilines is 2.